The van der Waals surface area contributed by atoms with E-state index in [4.69, 9.17) is 10.8 Å². The van der Waals surface area contributed by atoms with Crippen molar-refractivity contribution in [2.24, 2.45) is 0 Å². The van der Waals surface area contributed by atoms with E-state index in [1.165, 1.54) is 23.1 Å². The largest absolute Gasteiger partial charge is 0.506 e. The van der Waals surface area contributed by atoms with E-state index in [1.807, 2.05) is 0 Å². The van der Waals surface area contributed by atoms with Crippen molar-refractivity contribution in [1.29, 1.82) is 0 Å². The highest BCUT2D eigenvalue weighted by Crippen LogP contribution is 2.14. The summed E-state index contributed by atoms with van der Waals surface area (Å²) in [6.07, 6.45) is 2.82. The molecule has 0 radical (unpaired) electrons. The van der Waals surface area contributed by atoms with E-state index in [9.17, 15) is 0 Å². The summed E-state index contributed by atoms with van der Waals surface area (Å²) in [5.74, 6) is 0.457. The number of aromatic hydroxyl groups is 1. The highest BCUT2D eigenvalue weighted by molar-refractivity contribution is 5.66. The Labute approximate surface area is 62.1 Å². The van der Waals surface area contributed by atoms with Gasteiger partial charge in [0.05, 0.1) is 6.20 Å². The van der Waals surface area contributed by atoms with Gasteiger partial charge in [0.2, 0.25) is 0 Å². The van der Waals surface area contributed by atoms with Crippen LogP contribution in [0.5, 0.6) is 5.75 Å². The van der Waals surface area contributed by atoms with Crippen LogP contribution in [-0.4, -0.2) is 19.7 Å². The zero-order valence-corrected chi connectivity index (χ0v) is 5.60. The van der Waals surface area contributed by atoms with E-state index < -0.39 is 0 Å². The molecule has 0 saturated carbocycles. The Hall–Kier alpha value is -1.78. The van der Waals surface area contributed by atoms with E-state index in [0.29, 0.717) is 11.3 Å². The van der Waals surface area contributed by atoms with Crippen LogP contribution in [0.2, 0.25) is 0 Å². The van der Waals surface area contributed by atoms with E-state index >= 15 is 0 Å². The van der Waals surface area contributed by atoms with Crippen molar-refractivity contribution in [2.45, 2.75) is 0 Å². The number of nitrogens with two attached hydrogens (primary N) is 1. The van der Waals surface area contributed by atoms with Gasteiger partial charge in [-0.1, -0.05) is 0 Å². The van der Waals surface area contributed by atoms with Crippen molar-refractivity contribution in [3.05, 3.63) is 18.6 Å². The van der Waals surface area contributed by atoms with E-state index in [1.54, 1.807) is 0 Å². The van der Waals surface area contributed by atoms with Crippen LogP contribution in [0, 0.1) is 0 Å². The van der Waals surface area contributed by atoms with Crippen LogP contribution in [0.15, 0.2) is 18.6 Å². The molecule has 0 fully saturated rings. The molecule has 5 heteroatoms. The first-order chi connectivity index (χ1) is 5.27. The number of hydrogen-bond acceptors (Lipinski definition) is 4. The topological polar surface area (TPSA) is 76.4 Å². The molecule has 3 N–H and O–H groups in total. The van der Waals surface area contributed by atoms with E-state index in [0.717, 1.165) is 0 Å². The summed E-state index contributed by atoms with van der Waals surface area (Å²) in [5, 5.41) is 12.8. The van der Waals surface area contributed by atoms with E-state index in [2.05, 4.69) is 10.1 Å². The molecule has 2 rings (SSSR count). The molecule has 56 valence electrons. The second-order valence-electron chi connectivity index (χ2n) is 2.17. The van der Waals surface area contributed by atoms with Crippen molar-refractivity contribution in [1.82, 2.24) is 14.6 Å². The molecule has 0 aliphatic carbocycles. The number of nitrogens with zero attached hydrogens (tertiary/aromatic N) is 3. The molecule has 0 spiro atoms. The van der Waals surface area contributed by atoms with Crippen molar-refractivity contribution < 1.29 is 5.11 Å². The van der Waals surface area contributed by atoms with Crippen molar-refractivity contribution >= 4 is 11.3 Å². The highest BCUT2D eigenvalue weighted by Gasteiger charge is 2.00. The van der Waals surface area contributed by atoms with Gasteiger partial charge < -0.3 is 10.8 Å². The van der Waals surface area contributed by atoms with Crippen molar-refractivity contribution in [3.8, 4) is 5.75 Å². The van der Waals surface area contributed by atoms with Crippen molar-refractivity contribution in [2.75, 3.05) is 5.73 Å². The minimum atomic E-state index is 0.0877. The van der Waals surface area contributed by atoms with Gasteiger partial charge in [-0.05, 0) is 0 Å². The molecule has 0 aromatic carbocycles. The van der Waals surface area contributed by atoms with Gasteiger partial charge in [0, 0.05) is 6.07 Å². The lowest BCUT2D eigenvalue weighted by Crippen LogP contribution is -1.89. The standard InChI is InChI=1S/C6H6N4O/c7-6-5-1-4(11)2-9-10(5)3-8-6/h1-3,11H,7H2. The van der Waals surface area contributed by atoms with Gasteiger partial charge in [0.1, 0.15) is 17.6 Å². The van der Waals surface area contributed by atoms with Gasteiger partial charge in [-0.2, -0.15) is 5.10 Å². The molecule has 2 aromatic rings. The zero-order valence-electron chi connectivity index (χ0n) is 5.60. The van der Waals surface area contributed by atoms with Crippen LogP contribution in [0.4, 0.5) is 5.82 Å². The minimum absolute atomic E-state index is 0.0877. The molecule has 5 nitrogen and oxygen atoms in total. The Kier molecular flexibility index (Phi) is 1.00. The van der Waals surface area contributed by atoms with E-state index in [-0.39, 0.29) is 5.75 Å². The van der Waals surface area contributed by atoms with Gasteiger partial charge in [0.25, 0.3) is 0 Å². The first-order valence-electron chi connectivity index (χ1n) is 3.05. The molecule has 11 heavy (non-hydrogen) atoms. The third-order valence-electron chi connectivity index (χ3n) is 1.41. The maximum atomic E-state index is 9.01. The zero-order chi connectivity index (χ0) is 7.84. The predicted octanol–water partition coefficient (Wildman–Crippen LogP) is 0.0171. The summed E-state index contributed by atoms with van der Waals surface area (Å²) in [7, 11) is 0. The van der Waals surface area contributed by atoms with Crippen LogP contribution in [0.3, 0.4) is 0 Å². The molecule has 2 aromatic heterocycles. The Morgan fingerprint density at radius 3 is 3.18 bits per heavy atom. The smallest absolute Gasteiger partial charge is 0.151 e. The van der Waals surface area contributed by atoms with Crippen LogP contribution in [-0.2, 0) is 0 Å². The average molecular weight is 150 g/mol. The molecule has 0 aliphatic rings. The van der Waals surface area contributed by atoms with Gasteiger partial charge in [-0.3, -0.25) is 0 Å². The monoisotopic (exact) mass is 150 g/mol. The van der Waals surface area contributed by atoms with Crippen LogP contribution < -0.4 is 5.73 Å². The lowest BCUT2D eigenvalue weighted by atomic mass is 10.4. The highest BCUT2D eigenvalue weighted by atomic mass is 16.3. The number of hydrogen-bond donors (Lipinski definition) is 2. The fraction of sp³-hybridized carbons (Fsp3) is 0. The summed E-state index contributed by atoms with van der Waals surface area (Å²) < 4.78 is 1.50. The SMILES string of the molecule is Nc1ncn2ncc(O)cc12. The number of nitrogen functional groups attached to an aromatic ring is 1. The Balaban J connectivity index is 2.87. The lowest BCUT2D eigenvalue weighted by molar-refractivity contribution is 0.471. The molecule has 0 saturated heterocycles. The normalized spacial score (nSPS) is 10.5. The third-order valence-corrected chi connectivity index (χ3v) is 1.41. The van der Waals surface area contributed by atoms with Crippen LogP contribution in [0.1, 0.15) is 0 Å². The van der Waals surface area contributed by atoms with Gasteiger partial charge in [0.15, 0.2) is 5.82 Å². The first kappa shape index (κ1) is 5.96. The fourth-order valence-electron chi connectivity index (χ4n) is 0.893. The molecule has 0 amide bonds. The predicted molar refractivity (Wildman–Crippen MR) is 39.1 cm³/mol. The number of aromatic nitrogens is 3. The molecule has 0 aliphatic heterocycles. The Morgan fingerprint density at radius 2 is 2.36 bits per heavy atom. The summed E-state index contributed by atoms with van der Waals surface area (Å²) in [5.41, 5.74) is 6.08. The minimum Gasteiger partial charge on any atom is -0.506 e. The van der Waals surface area contributed by atoms with Gasteiger partial charge in [-0.15, -0.1) is 0 Å². The summed E-state index contributed by atoms with van der Waals surface area (Å²) in [4.78, 5) is 3.80. The Morgan fingerprint density at radius 1 is 1.55 bits per heavy atom. The molecule has 0 bridgehead atoms. The second kappa shape index (κ2) is 1.85. The van der Waals surface area contributed by atoms with Gasteiger partial charge >= 0.3 is 0 Å². The summed E-state index contributed by atoms with van der Waals surface area (Å²) >= 11 is 0. The fourth-order valence-corrected chi connectivity index (χ4v) is 0.893. The molecular weight excluding hydrogens is 144 g/mol. The summed E-state index contributed by atoms with van der Waals surface area (Å²) in [6.45, 7) is 0. The van der Waals surface area contributed by atoms with Crippen LogP contribution >= 0.6 is 0 Å². The van der Waals surface area contributed by atoms with Crippen LogP contribution in [0.25, 0.3) is 5.52 Å². The number of rotatable bonds is 0. The quantitative estimate of drug-likeness (QED) is 0.555. The number of imidazole rings is 1. The maximum Gasteiger partial charge on any atom is 0.151 e. The molecule has 0 unspecified atom stereocenters. The number of anilines is 1. The third kappa shape index (κ3) is 0.778. The molecule has 2 heterocycles. The maximum absolute atomic E-state index is 9.01. The molecule has 0 atom stereocenters. The van der Waals surface area contributed by atoms with Gasteiger partial charge in [-0.25, -0.2) is 9.50 Å². The molecular formula is C6H6N4O. The first-order valence-corrected chi connectivity index (χ1v) is 3.05. The second-order valence-corrected chi connectivity index (χ2v) is 2.17. The summed E-state index contributed by atoms with van der Waals surface area (Å²) in [6, 6.07) is 1.51. The number of fused-ring (bicyclic) bond motifs is 1. The average Bonchev–Trinajstić information content (AvgIpc) is 2.33. The Bertz CT molecular complexity index is 394. The lowest BCUT2D eigenvalue weighted by Gasteiger charge is -1.92. The van der Waals surface area contributed by atoms with Crippen molar-refractivity contribution in [3.63, 3.8) is 0 Å².